The number of hydrogen-bond acceptors (Lipinski definition) is 4. The fraction of sp³-hybridized carbons (Fsp3) is 0.467. The van der Waals surface area contributed by atoms with Gasteiger partial charge in [0.15, 0.2) is 0 Å². The molecule has 0 aromatic carbocycles. The number of hydrogen-bond donors (Lipinski definition) is 1. The molecule has 3 nitrogen and oxygen atoms in total. The lowest BCUT2D eigenvalue weighted by Gasteiger charge is -2.05. The maximum atomic E-state index is 4.84. The first-order valence-electron chi connectivity index (χ1n) is 7.09. The van der Waals surface area contributed by atoms with Gasteiger partial charge in [-0.25, -0.2) is 4.98 Å². The topological polar surface area (TPSA) is 37.8 Å². The van der Waals surface area contributed by atoms with Gasteiger partial charge in [-0.2, -0.15) is 0 Å². The van der Waals surface area contributed by atoms with E-state index in [-0.39, 0.29) is 0 Å². The predicted molar refractivity (Wildman–Crippen MR) is 94.7 cm³/mol. The minimum Gasteiger partial charge on any atom is -0.309 e. The number of nitrogens with one attached hydrogen (secondary N) is 1. The van der Waals surface area contributed by atoms with Gasteiger partial charge < -0.3 is 5.32 Å². The van der Waals surface area contributed by atoms with Gasteiger partial charge >= 0.3 is 0 Å². The van der Waals surface area contributed by atoms with Crippen LogP contribution in [0.15, 0.2) is 21.2 Å². The van der Waals surface area contributed by atoms with Crippen LogP contribution in [0.25, 0.3) is 10.7 Å². The van der Waals surface area contributed by atoms with Crippen LogP contribution in [0.1, 0.15) is 43.2 Å². The van der Waals surface area contributed by atoms with Crippen molar-refractivity contribution in [2.45, 2.75) is 45.2 Å². The Morgan fingerprint density at radius 3 is 2.76 bits per heavy atom. The van der Waals surface area contributed by atoms with E-state index in [1.807, 2.05) is 12.3 Å². The molecular formula is C15H17Br2N3S. The molecule has 2 aromatic heterocycles. The van der Waals surface area contributed by atoms with Gasteiger partial charge in [-0.3, -0.25) is 4.98 Å². The van der Waals surface area contributed by atoms with E-state index in [1.165, 1.54) is 23.4 Å². The van der Waals surface area contributed by atoms with Gasteiger partial charge in [0.2, 0.25) is 0 Å². The summed E-state index contributed by atoms with van der Waals surface area (Å²) in [7, 11) is 0. The molecule has 0 unspecified atom stereocenters. The zero-order valence-electron chi connectivity index (χ0n) is 12.0. The van der Waals surface area contributed by atoms with Crippen molar-refractivity contribution in [3.63, 3.8) is 0 Å². The lowest BCUT2D eigenvalue weighted by molar-refractivity contribution is 0.681. The monoisotopic (exact) mass is 429 g/mol. The second kappa shape index (κ2) is 6.44. The van der Waals surface area contributed by atoms with Gasteiger partial charge in [0.05, 0.1) is 5.69 Å². The third-order valence-corrected chi connectivity index (χ3v) is 5.53. The van der Waals surface area contributed by atoms with Crippen molar-refractivity contribution < 1.29 is 0 Å². The van der Waals surface area contributed by atoms with Crippen molar-refractivity contribution in [1.82, 2.24) is 15.3 Å². The van der Waals surface area contributed by atoms with E-state index < -0.39 is 0 Å². The number of thiazole rings is 1. The Balaban J connectivity index is 1.92. The first-order chi connectivity index (χ1) is 10.0. The first-order valence-corrected chi connectivity index (χ1v) is 9.49. The van der Waals surface area contributed by atoms with Crippen LogP contribution in [0.5, 0.6) is 0 Å². The second-order valence-electron chi connectivity index (χ2n) is 5.62. The smallest absolute Gasteiger partial charge is 0.143 e. The summed E-state index contributed by atoms with van der Waals surface area (Å²) in [4.78, 5) is 10.7. The van der Waals surface area contributed by atoms with E-state index in [9.17, 15) is 0 Å². The zero-order chi connectivity index (χ0) is 15.0. The van der Waals surface area contributed by atoms with Gasteiger partial charge in [0, 0.05) is 32.6 Å². The van der Waals surface area contributed by atoms with Gasteiger partial charge in [-0.1, -0.05) is 13.8 Å². The van der Waals surface area contributed by atoms with E-state index in [2.05, 4.69) is 56.0 Å². The molecular weight excluding hydrogens is 414 g/mol. The first kappa shape index (κ1) is 15.6. The fourth-order valence-corrected chi connectivity index (χ4v) is 4.62. The zero-order valence-corrected chi connectivity index (χ0v) is 16.0. The summed E-state index contributed by atoms with van der Waals surface area (Å²) in [5.41, 5.74) is 2.11. The maximum Gasteiger partial charge on any atom is 0.143 e. The third-order valence-electron chi connectivity index (χ3n) is 3.41. The lowest BCUT2D eigenvalue weighted by Crippen LogP contribution is -2.15. The van der Waals surface area contributed by atoms with Crippen LogP contribution < -0.4 is 5.32 Å². The van der Waals surface area contributed by atoms with Crippen molar-refractivity contribution in [1.29, 1.82) is 0 Å². The van der Waals surface area contributed by atoms with Crippen LogP contribution in [-0.2, 0) is 6.54 Å². The summed E-state index contributed by atoms with van der Waals surface area (Å²) in [5, 5.41) is 4.58. The highest BCUT2D eigenvalue weighted by Crippen LogP contribution is 2.35. The summed E-state index contributed by atoms with van der Waals surface area (Å²) < 4.78 is 1.94. The SMILES string of the molecule is CC(C)c1nc(-c2ncc(Br)cc2Br)sc1CNC1CC1. The van der Waals surface area contributed by atoms with Crippen LogP contribution >= 0.6 is 43.2 Å². The van der Waals surface area contributed by atoms with E-state index in [1.54, 1.807) is 11.3 Å². The Morgan fingerprint density at radius 1 is 1.38 bits per heavy atom. The molecule has 0 radical (unpaired) electrons. The van der Waals surface area contributed by atoms with Gasteiger partial charge in [0.25, 0.3) is 0 Å². The molecule has 0 spiro atoms. The second-order valence-corrected chi connectivity index (χ2v) is 8.47. The fourth-order valence-electron chi connectivity index (χ4n) is 2.14. The summed E-state index contributed by atoms with van der Waals surface area (Å²) in [6.07, 6.45) is 4.43. The summed E-state index contributed by atoms with van der Waals surface area (Å²) in [6, 6.07) is 2.73. The van der Waals surface area contributed by atoms with Crippen molar-refractivity contribution >= 4 is 43.2 Å². The van der Waals surface area contributed by atoms with Crippen molar-refractivity contribution in [2.24, 2.45) is 0 Å². The molecule has 0 bridgehead atoms. The Bertz CT molecular complexity index is 650. The summed E-state index contributed by atoms with van der Waals surface area (Å²) >= 11 is 8.77. The summed E-state index contributed by atoms with van der Waals surface area (Å²) in [5.74, 6) is 0.431. The highest BCUT2D eigenvalue weighted by Gasteiger charge is 2.23. The maximum absolute atomic E-state index is 4.84. The largest absolute Gasteiger partial charge is 0.309 e. The minimum absolute atomic E-state index is 0.431. The van der Waals surface area contributed by atoms with E-state index in [0.29, 0.717) is 12.0 Å². The Hall–Kier alpha value is -0.300. The average Bonchev–Trinajstić information content (AvgIpc) is 3.15. The van der Waals surface area contributed by atoms with Gasteiger partial charge in [-0.15, -0.1) is 11.3 Å². The summed E-state index contributed by atoms with van der Waals surface area (Å²) in [6.45, 7) is 5.32. The van der Waals surface area contributed by atoms with Crippen LogP contribution in [0.3, 0.4) is 0 Å². The molecule has 2 aromatic rings. The molecule has 0 aliphatic heterocycles. The molecule has 6 heteroatoms. The van der Waals surface area contributed by atoms with Crippen molar-refractivity contribution in [3.05, 3.63) is 31.8 Å². The molecule has 1 saturated carbocycles. The molecule has 2 heterocycles. The van der Waals surface area contributed by atoms with Crippen molar-refractivity contribution in [2.75, 3.05) is 0 Å². The Morgan fingerprint density at radius 2 is 2.14 bits per heavy atom. The van der Waals surface area contributed by atoms with Gasteiger partial charge in [0.1, 0.15) is 10.7 Å². The normalized spacial score (nSPS) is 14.9. The van der Waals surface area contributed by atoms with E-state index in [4.69, 9.17) is 4.98 Å². The van der Waals surface area contributed by atoms with Crippen LogP contribution in [0.2, 0.25) is 0 Å². The van der Waals surface area contributed by atoms with E-state index >= 15 is 0 Å². The average molecular weight is 431 g/mol. The van der Waals surface area contributed by atoms with Crippen LogP contribution in [0, 0.1) is 0 Å². The van der Waals surface area contributed by atoms with E-state index in [0.717, 1.165) is 26.2 Å². The van der Waals surface area contributed by atoms with Gasteiger partial charge in [-0.05, 0) is 56.7 Å². The highest BCUT2D eigenvalue weighted by atomic mass is 79.9. The van der Waals surface area contributed by atoms with Crippen LogP contribution in [0.4, 0.5) is 0 Å². The molecule has 21 heavy (non-hydrogen) atoms. The molecule has 1 aliphatic carbocycles. The number of aromatic nitrogens is 2. The highest BCUT2D eigenvalue weighted by molar-refractivity contribution is 9.11. The Labute approximate surface area is 145 Å². The number of nitrogens with zero attached hydrogens (tertiary/aromatic N) is 2. The molecule has 112 valence electrons. The Kier molecular flexibility index (Phi) is 4.78. The quantitative estimate of drug-likeness (QED) is 0.716. The third kappa shape index (κ3) is 3.73. The lowest BCUT2D eigenvalue weighted by atomic mass is 10.1. The molecule has 3 rings (SSSR count). The molecule has 0 atom stereocenters. The number of pyridine rings is 1. The number of halogens is 2. The minimum atomic E-state index is 0.431. The molecule has 1 aliphatic rings. The molecule has 0 saturated heterocycles. The standard InChI is InChI=1S/C15H17Br2N3S/c1-8(2)13-12(7-18-10-3-4-10)21-15(20-13)14-11(17)5-9(16)6-19-14/h5-6,8,10,18H,3-4,7H2,1-2H3. The van der Waals surface area contributed by atoms with Crippen LogP contribution in [-0.4, -0.2) is 16.0 Å². The molecule has 1 N–H and O–H groups in total. The molecule has 0 amide bonds. The molecule has 1 fully saturated rings. The number of rotatable bonds is 5. The van der Waals surface area contributed by atoms with Crippen molar-refractivity contribution in [3.8, 4) is 10.7 Å². The predicted octanol–water partition coefficient (Wildman–Crippen LogP) is 5.11.